The van der Waals surface area contributed by atoms with Crippen LogP contribution >= 0.6 is 0 Å². The van der Waals surface area contributed by atoms with Crippen LogP contribution in [0, 0.1) is 11.3 Å². The molecular formula is C26H29F2N7O2. The molecule has 4 rings (SSSR count). The summed E-state index contributed by atoms with van der Waals surface area (Å²) in [5.41, 5.74) is 0.517. The first-order valence-electron chi connectivity index (χ1n) is 11.8. The van der Waals surface area contributed by atoms with Crippen LogP contribution in [-0.2, 0) is 0 Å². The van der Waals surface area contributed by atoms with Gasteiger partial charge in [0.2, 0.25) is 5.95 Å². The zero-order chi connectivity index (χ0) is 26.6. The molecule has 0 aliphatic carbocycles. The fourth-order valence-corrected chi connectivity index (χ4v) is 4.77. The molecule has 0 spiro atoms. The molecule has 9 nitrogen and oxygen atoms in total. The molecule has 1 saturated heterocycles. The van der Waals surface area contributed by atoms with E-state index in [0.29, 0.717) is 22.8 Å². The van der Waals surface area contributed by atoms with Crippen molar-refractivity contribution in [1.82, 2.24) is 20.3 Å². The monoisotopic (exact) mass is 509 g/mol. The Bertz CT molecular complexity index is 1260. The second kappa shape index (κ2) is 10.5. The number of alkyl halides is 2. The molecule has 3 heterocycles. The molecule has 11 heteroatoms. The van der Waals surface area contributed by atoms with E-state index in [1.165, 1.54) is 30.7 Å². The zero-order valence-electron chi connectivity index (χ0n) is 21.0. The fraction of sp³-hybridized carbons (Fsp3) is 0.385. The van der Waals surface area contributed by atoms with Gasteiger partial charge in [-0.05, 0) is 64.8 Å². The van der Waals surface area contributed by atoms with Crippen LogP contribution in [0.3, 0.4) is 0 Å². The van der Waals surface area contributed by atoms with Crippen LogP contribution < -0.4 is 25.4 Å². The second-order valence-corrected chi connectivity index (χ2v) is 10.2. The Morgan fingerprint density at radius 3 is 2.43 bits per heavy atom. The average Bonchev–Trinajstić information content (AvgIpc) is 2.79. The number of nitrogens with one attached hydrogen (secondary N) is 3. The maximum absolute atomic E-state index is 13.1. The minimum atomic E-state index is -3.05. The maximum Gasteiger partial charge on any atom is 0.387 e. The Morgan fingerprint density at radius 1 is 1.08 bits per heavy atom. The van der Waals surface area contributed by atoms with Crippen molar-refractivity contribution in [2.24, 2.45) is 0 Å². The fourth-order valence-electron chi connectivity index (χ4n) is 4.77. The molecule has 3 N–H and O–H groups in total. The summed E-state index contributed by atoms with van der Waals surface area (Å²) in [6.07, 6.45) is 6.15. The molecule has 0 saturated carbocycles. The molecular weight excluding hydrogens is 480 g/mol. The van der Waals surface area contributed by atoms with Gasteiger partial charge in [0.15, 0.2) is 11.5 Å². The SMILES string of the molecule is CC1(C)CC(Nc2nc(Nc3ccc(Oc4ccncc4)c(OC(F)F)c3)ncc2C#N)CC(C)(C)N1. The van der Waals surface area contributed by atoms with Gasteiger partial charge in [0.1, 0.15) is 23.2 Å². The summed E-state index contributed by atoms with van der Waals surface area (Å²) >= 11 is 0. The van der Waals surface area contributed by atoms with Crippen molar-refractivity contribution in [3.63, 3.8) is 0 Å². The molecule has 3 aromatic rings. The standard InChI is InChI=1S/C26H29F2N7O2/c1-25(2)12-18(13-26(3,4)35-25)32-22-16(14-29)15-31-24(34-22)33-17-5-6-20(21(11-17)37-23(27)28)36-19-7-9-30-10-8-19/h5-11,15,18,23,35H,12-13H2,1-4H3,(H2,31,32,33,34). The van der Waals surface area contributed by atoms with E-state index in [-0.39, 0.29) is 34.6 Å². The molecule has 1 aliphatic heterocycles. The molecule has 0 radical (unpaired) electrons. The van der Waals surface area contributed by atoms with E-state index in [2.05, 4.69) is 69.4 Å². The lowest BCUT2D eigenvalue weighted by Gasteiger charge is -2.46. The van der Waals surface area contributed by atoms with Crippen LogP contribution in [0.25, 0.3) is 0 Å². The number of aromatic nitrogens is 3. The number of benzene rings is 1. The Kier molecular flexibility index (Phi) is 7.40. The number of piperidine rings is 1. The van der Waals surface area contributed by atoms with E-state index in [9.17, 15) is 14.0 Å². The number of anilines is 3. The van der Waals surface area contributed by atoms with Gasteiger partial charge in [0, 0.05) is 41.3 Å². The summed E-state index contributed by atoms with van der Waals surface area (Å²) in [7, 11) is 0. The van der Waals surface area contributed by atoms with Gasteiger partial charge in [-0.1, -0.05) is 0 Å². The van der Waals surface area contributed by atoms with Crippen molar-refractivity contribution < 1.29 is 18.3 Å². The number of rotatable bonds is 8. The number of nitriles is 1. The van der Waals surface area contributed by atoms with Gasteiger partial charge in [-0.15, -0.1) is 0 Å². The maximum atomic E-state index is 13.1. The molecule has 1 aliphatic rings. The normalized spacial score (nSPS) is 16.6. The average molecular weight is 510 g/mol. The smallest absolute Gasteiger partial charge is 0.387 e. The van der Waals surface area contributed by atoms with Gasteiger partial charge < -0.3 is 25.4 Å². The number of halogens is 2. The summed E-state index contributed by atoms with van der Waals surface area (Å²) in [4.78, 5) is 12.6. The number of ether oxygens (including phenoxy) is 2. The predicted molar refractivity (Wildman–Crippen MR) is 135 cm³/mol. The summed E-state index contributed by atoms with van der Waals surface area (Å²) < 4.78 is 36.5. The second-order valence-electron chi connectivity index (χ2n) is 10.2. The van der Waals surface area contributed by atoms with Gasteiger partial charge in [0.05, 0.1) is 6.20 Å². The molecule has 0 amide bonds. The molecule has 37 heavy (non-hydrogen) atoms. The van der Waals surface area contributed by atoms with Crippen molar-refractivity contribution in [2.45, 2.75) is 64.3 Å². The first kappa shape index (κ1) is 26.0. The molecule has 1 fully saturated rings. The van der Waals surface area contributed by atoms with E-state index in [4.69, 9.17) is 4.74 Å². The predicted octanol–water partition coefficient (Wildman–Crippen LogP) is 5.60. The molecule has 1 aromatic carbocycles. The van der Waals surface area contributed by atoms with Gasteiger partial charge in [-0.25, -0.2) is 4.98 Å². The van der Waals surface area contributed by atoms with Crippen molar-refractivity contribution in [3.8, 4) is 23.3 Å². The minimum absolute atomic E-state index is 0.0803. The molecule has 0 unspecified atom stereocenters. The van der Waals surface area contributed by atoms with E-state index >= 15 is 0 Å². The van der Waals surface area contributed by atoms with Crippen LogP contribution in [0.2, 0.25) is 0 Å². The Morgan fingerprint density at radius 2 is 1.78 bits per heavy atom. The molecule has 0 atom stereocenters. The van der Waals surface area contributed by atoms with E-state index < -0.39 is 6.61 Å². The van der Waals surface area contributed by atoms with Gasteiger partial charge in [-0.3, -0.25) is 4.98 Å². The van der Waals surface area contributed by atoms with Crippen molar-refractivity contribution in [2.75, 3.05) is 10.6 Å². The summed E-state index contributed by atoms with van der Waals surface area (Å²) in [6, 6.07) is 9.90. The molecule has 2 aromatic heterocycles. The van der Waals surface area contributed by atoms with Crippen LogP contribution in [0.15, 0.2) is 48.9 Å². The molecule has 0 bridgehead atoms. The lowest BCUT2D eigenvalue weighted by atomic mass is 9.79. The van der Waals surface area contributed by atoms with Crippen LogP contribution in [-0.4, -0.2) is 38.7 Å². The van der Waals surface area contributed by atoms with Crippen LogP contribution in [0.5, 0.6) is 17.2 Å². The third-order valence-electron chi connectivity index (χ3n) is 5.73. The van der Waals surface area contributed by atoms with Crippen molar-refractivity contribution >= 4 is 17.5 Å². The summed E-state index contributed by atoms with van der Waals surface area (Å²) in [6.45, 7) is 5.52. The van der Waals surface area contributed by atoms with Crippen LogP contribution in [0.4, 0.5) is 26.2 Å². The third kappa shape index (κ3) is 7.01. The van der Waals surface area contributed by atoms with E-state index in [0.717, 1.165) is 12.8 Å². The number of hydrogen-bond acceptors (Lipinski definition) is 9. The highest BCUT2D eigenvalue weighted by Crippen LogP contribution is 2.36. The highest BCUT2D eigenvalue weighted by atomic mass is 19.3. The van der Waals surface area contributed by atoms with Crippen LogP contribution in [0.1, 0.15) is 46.1 Å². The summed E-state index contributed by atoms with van der Waals surface area (Å²) in [5.74, 6) is 0.962. The van der Waals surface area contributed by atoms with Gasteiger partial charge in [0.25, 0.3) is 0 Å². The number of nitrogens with zero attached hydrogens (tertiary/aromatic N) is 4. The Labute approximate surface area is 214 Å². The first-order valence-corrected chi connectivity index (χ1v) is 11.8. The van der Waals surface area contributed by atoms with E-state index in [1.54, 1.807) is 18.2 Å². The highest BCUT2D eigenvalue weighted by molar-refractivity contribution is 5.62. The van der Waals surface area contributed by atoms with Crippen molar-refractivity contribution in [1.29, 1.82) is 5.26 Å². The minimum Gasteiger partial charge on any atom is -0.453 e. The van der Waals surface area contributed by atoms with Crippen molar-refractivity contribution in [3.05, 3.63) is 54.5 Å². The quantitative estimate of drug-likeness (QED) is 0.357. The van der Waals surface area contributed by atoms with Gasteiger partial charge in [-0.2, -0.15) is 19.0 Å². The van der Waals surface area contributed by atoms with E-state index in [1.807, 2.05) is 0 Å². The molecule has 194 valence electrons. The third-order valence-corrected chi connectivity index (χ3v) is 5.73. The largest absolute Gasteiger partial charge is 0.453 e. The highest BCUT2D eigenvalue weighted by Gasteiger charge is 2.38. The topological polar surface area (TPSA) is 117 Å². The van der Waals surface area contributed by atoms with Gasteiger partial charge >= 0.3 is 6.61 Å². The Balaban J connectivity index is 1.56. The number of pyridine rings is 1. The number of hydrogen-bond donors (Lipinski definition) is 3. The summed E-state index contributed by atoms with van der Waals surface area (Å²) in [5, 5.41) is 19.6. The lowest BCUT2D eigenvalue weighted by Crippen LogP contribution is -2.60. The zero-order valence-corrected chi connectivity index (χ0v) is 21.0. The Hall–Kier alpha value is -4.04. The lowest BCUT2D eigenvalue weighted by molar-refractivity contribution is -0.0509. The first-order chi connectivity index (χ1) is 17.5.